The number of rotatable bonds is 4. The van der Waals surface area contributed by atoms with Gasteiger partial charge in [-0.3, -0.25) is 0 Å². The van der Waals surface area contributed by atoms with E-state index in [0.29, 0.717) is 23.4 Å². The molecule has 2 heterocycles. The highest BCUT2D eigenvalue weighted by Gasteiger charge is 2.24. The molecule has 7 heteroatoms. The molecule has 24 heavy (non-hydrogen) atoms. The Labute approximate surface area is 150 Å². The summed E-state index contributed by atoms with van der Waals surface area (Å²) < 4.78 is 6.82. The first kappa shape index (κ1) is 17.0. The Bertz CT molecular complexity index is 686. The van der Waals surface area contributed by atoms with Crippen LogP contribution in [0.15, 0.2) is 35.1 Å². The molecule has 0 aliphatic carbocycles. The minimum Gasteiger partial charge on any atom is -0.437 e. The standard InChI is InChI=1S/C17H22BrN5O/c1-22-9-7-13(8-10-22)23(2)16-15(19)17(21-11-20-16)24-14-5-3-12(18)4-6-14/h3-6,11,13H,7-10,19H2,1-2H3. The number of likely N-dealkylation sites (tertiary alicyclic amines) is 1. The van der Waals surface area contributed by atoms with Crippen molar-refractivity contribution in [3.05, 3.63) is 35.1 Å². The third-order valence-corrected chi connectivity index (χ3v) is 4.95. The first-order valence-electron chi connectivity index (χ1n) is 8.00. The van der Waals surface area contributed by atoms with Crippen molar-refractivity contribution in [2.75, 3.05) is 37.8 Å². The van der Waals surface area contributed by atoms with Crippen LogP contribution in [0.25, 0.3) is 0 Å². The number of benzene rings is 1. The molecule has 1 aliphatic heterocycles. The number of halogens is 1. The van der Waals surface area contributed by atoms with Crippen molar-refractivity contribution < 1.29 is 4.74 Å². The Morgan fingerprint density at radius 2 is 1.88 bits per heavy atom. The maximum Gasteiger partial charge on any atom is 0.248 e. The Morgan fingerprint density at radius 1 is 1.21 bits per heavy atom. The van der Waals surface area contributed by atoms with Crippen LogP contribution in [0.2, 0.25) is 0 Å². The highest BCUT2D eigenvalue weighted by atomic mass is 79.9. The van der Waals surface area contributed by atoms with E-state index in [4.69, 9.17) is 10.5 Å². The number of hydrogen-bond donors (Lipinski definition) is 1. The monoisotopic (exact) mass is 391 g/mol. The summed E-state index contributed by atoms with van der Waals surface area (Å²) in [4.78, 5) is 13.1. The van der Waals surface area contributed by atoms with E-state index in [1.807, 2.05) is 31.3 Å². The summed E-state index contributed by atoms with van der Waals surface area (Å²) in [5.74, 6) is 1.81. The van der Waals surface area contributed by atoms with Crippen molar-refractivity contribution in [1.82, 2.24) is 14.9 Å². The number of ether oxygens (including phenoxy) is 1. The second-order valence-electron chi connectivity index (χ2n) is 6.12. The average Bonchev–Trinajstić information content (AvgIpc) is 2.59. The molecule has 0 amide bonds. The molecule has 0 radical (unpaired) electrons. The van der Waals surface area contributed by atoms with Crippen molar-refractivity contribution in [2.24, 2.45) is 0 Å². The van der Waals surface area contributed by atoms with Gasteiger partial charge in [0.25, 0.3) is 0 Å². The molecule has 0 atom stereocenters. The van der Waals surface area contributed by atoms with Gasteiger partial charge < -0.3 is 20.3 Å². The smallest absolute Gasteiger partial charge is 0.248 e. The topological polar surface area (TPSA) is 67.5 Å². The summed E-state index contributed by atoms with van der Waals surface area (Å²) in [6, 6.07) is 7.99. The molecule has 6 nitrogen and oxygen atoms in total. The number of nitrogens with two attached hydrogens (primary N) is 1. The zero-order valence-corrected chi connectivity index (χ0v) is 15.5. The van der Waals surface area contributed by atoms with Crippen LogP contribution in [0.5, 0.6) is 11.6 Å². The predicted molar refractivity (Wildman–Crippen MR) is 99.6 cm³/mol. The lowest BCUT2D eigenvalue weighted by Gasteiger charge is -2.36. The maximum atomic E-state index is 6.28. The molecule has 1 aromatic carbocycles. The summed E-state index contributed by atoms with van der Waals surface area (Å²) in [5, 5.41) is 0. The van der Waals surface area contributed by atoms with Crippen LogP contribution in [0.1, 0.15) is 12.8 Å². The lowest BCUT2D eigenvalue weighted by molar-refractivity contribution is 0.252. The number of piperidine rings is 1. The van der Waals surface area contributed by atoms with Crippen molar-refractivity contribution >= 4 is 27.4 Å². The largest absolute Gasteiger partial charge is 0.437 e. The molecule has 0 spiro atoms. The summed E-state index contributed by atoms with van der Waals surface area (Å²) in [7, 11) is 4.19. The van der Waals surface area contributed by atoms with Crippen LogP contribution >= 0.6 is 15.9 Å². The molecule has 1 fully saturated rings. The van der Waals surface area contributed by atoms with Crippen LogP contribution in [0.4, 0.5) is 11.5 Å². The Balaban J connectivity index is 1.78. The van der Waals surface area contributed by atoms with Crippen molar-refractivity contribution in [1.29, 1.82) is 0 Å². The predicted octanol–water partition coefficient (Wildman–Crippen LogP) is 3.14. The number of hydrogen-bond acceptors (Lipinski definition) is 6. The van der Waals surface area contributed by atoms with Gasteiger partial charge in [-0.05, 0) is 57.2 Å². The second kappa shape index (κ2) is 7.36. The molecule has 0 saturated carbocycles. The minimum absolute atomic E-state index is 0.391. The van der Waals surface area contributed by atoms with E-state index in [1.165, 1.54) is 6.33 Å². The molecule has 3 rings (SSSR count). The lowest BCUT2D eigenvalue weighted by atomic mass is 10.0. The highest BCUT2D eigenvalue weighted by Crippen LogP contribution is 2.33. The van der Waals surface area contributed by atoms with Gasteiger partial charge in [0.15, 0.2) is 5.82 Å². The van der Waals surface area contributed by atoms with Gasteiger partial charge in [0.1, 0.15) is 17.8 Å². The minimum atomic E-state index is 0.391. The van der Waals surface area contributed by atoms with Gasteiger partial charge in [0, 0.05) is 17.6 Å². The third-order valence-electron chi connectivity index (χ3n) is 4.42. The Hall–Kier alpha value is -1.86. The van der Waals surface area contributed by atoms with E-state index in [2.05, 4.69) is 42.7 Å². The lowest BCUT2D eigenvalue weighted by Crippen LogP contribution is -2.42. The molecule has 1 aliphatic rings. The molecule has 0 bridgehead atoms. The Morgan fingerprint density at radius 3 is 2.54 bits per heavy atom. The Kier molecular flexibility index (Phi) is 5.20. The van der Waals surface area contributed by atoms with E-state index in [0.717, 1.165) is 36.2 Å². The van der Waals surface area contributed by atoms with Gasteiger partial charge >= 0.3 is 0 Å². The van der Waals surface area contributed by atoms with Gasteiger partial charge in [-0.1, -0.05) is 15.9 Å². The van der Waals surface area contributed by atoms with Crippen LogP contribution in [0, 0.1) is 0 Å². The first-order chi connectivity index (χ1) is 11.5. The highest BCUT2D eigenvalue weighted by molar-refractivity contribution is 9.10. The van der Waals surface area contributed by atoms with E-state index in [1.54, 1.807) is 0 Å². The SMILES string of the molecule is CN1CCC(N(C)c2ncnc(Oc3ccc(Br)cc3)c2N)CC1. The van der Waals surface area contributed by atoms with Crippen LogP contribution in [-0.2, 0) is 0 Å². The summed E-state index contributed by atoms with van der Waals surface area (Å²) in [6.45, 7) is 2.17. The number of aromatic nitrogens is 2. The third kappa shape index (κ3) is 3.79. The van der Waals surface area contributed by atoms with Gasteiger partial charge in [-0.15, -0.1) is 0 Å². The van der Waals surface area contributed by atoms with Crippen molar-refractivity contribution in [2.45, 2.75) is 18.9 Å². The summed E-state index contributed by atoms with van der Waals surface area (Å²) in [6.07, 6.45) is 3.70. The fraction of sp³-hybridized carbons (Fsp3) is 0.412. The second-order valence-corrected chi connectivity index (χ2v) is 7.03. The molecule has 1 aromatic heterocycles. The molecule has 2 N–H and O–H groups in total. The van der Waals surface area contributed by atoms with Gasteiger partial charge in [-0.25, -0.2) is 4.98 Å². The van der Waals surface area contributed by atoms with Gasteiger partial charge in [-0.2, -0.15) is 4.98 Å². The van der Waals surface area contributed by atoms with Gasteiger partial charge in [0.2, 0.25) is 5.88 Å². The first-order valence-corrected chi connectivity index (χ1v) is 8.79. The quantitative estimate of drug-likeness (QED) is 0.863. The fourth-order valence-corrected chi connectivity index (χ4v) is 3.17. The molecular weight excluding hydrogens is 370 g/mol. The zero-order valence-electron chi connectivity index (χ0n) is 13.9. The normalized spacial score (nSPS) is 16.1. The van der Waals surface area contributed by atoms with E-state index >= 15 is 0 Å². The maximum absolute atomic E-state index is 6.28. The van der Waals surface area contributed by atoms with E-state index in [-0.39, 0.29) is 0 Å². The van der Waals surface area contributed by atoms with Crippen LogP contribution in [-0.4, -0.2) is 48.1 Å². The molecule has 1 saturated heterocycles. The fourth-order valence-electron chi connectivity index (χ4n) is 2.90. The van der Waals surface area contributed by atoms with Crippen molar-refractivity contribution in [3.8, 4) is 11.6 Å². The van der Waals surface area contributed by atoms with E-state index in [9.17, 15) is 0 Å². The number of anilines is 2. The van der Waals surface area contributed by atoms with Crippen LogP contribution in [0.3, 0.4) is 0 Å². The summed E-state index contributed by atoms with van der Waals surface area (Å²) in [5.41, 5.74) is 6.76. The van der Waals surface area contributed by atoms with E-state index < -0.39 is 0 Å². The number of nitrogens with zero attached hydrogens (tertiary/aromatic N) is 4. The molecule has 128 valence electrons. The molecule has 0 unspecified atom stereocenters. The number of nitrogen functional groups attached to an aromatic ring is 1. The van der Waals surface area contributed by atoms with Crippen LogP contribution < -0.4 is 15.4 Å². The van der Waals surface area contributed by atoms with Gasteiger partial charge in [0.05, 0.1) is 0 Å². The summed E-state index contributed by atoms with van der Waals surface area (Å²) >= 11 is 3.41. The van der Waals surface area contributed by atoms with Crippen molar-refractivity contribution in [3.63, 3.8) is 0 Å². The molecule has 2 aromatic rings. The average molecular weight is 392 g/mol. The molecular formula is C17H22BrN5O. The zero-order chi connectivity index (χ0) is 17.1.